The molecule has 5 heteroatoms. The third kappa shape index (κ3) is 5.76. The lowest BCUT2D eigenvalue weighted by atomic mass is 10.2. The lowest BCUT2D eigenvalue weighted by Gasteiger charge is -2.05. The number of nitrogens with zero attached hydrogens (tertiary/aromatic N) is 1. The Morgan fingerprint density at radius 2 is 1.85 bits per heavy atom. The zero-order valence-corrected chi connectivity index (χ0v) is 15.2. The predicted molar refractivity (Wildman–Crippen MR) is 111 cm³/mol. The Balaban J connectivity index is 2.02. The highest BCUT2D eigenvalue weighted by Crippen LogP contribution is 2.20. The maximum absolute atomic E-state index is 12.1. The van der Waals surface area contributed by atoms with Gasteiger partial charge in [-0.3, -0.25) is 9.79 Å². The second kappa shape index (κ2) is 9.39. The lowest BCUT2D eigenvalue weighted by molar-refractivity contribution is -0.112. The Kier molecular flexibility index (Phi) is 6.94. The SMILES string of the molecule is C=C/C(Cl)=C\C=C(/C)C(=O)Nc1ccc(C=Nc2ccccc2N)cc1. The molecule has 0 saturated heterocycles. The summed E-state index contributed by atoms with van der Waals surface area (Å²) < 4.78 is 0. The van der Waals surface area contributed by atoms with Crippen molar-refractivity contribution >= 4 is 40.8 Å². The number of hydrogen-bond acceptors (Lipinski definition) is 3. The van der Waals surface area contributed by atoms with Gasteiger partial charge < -0.3 is 11.1 Å². The molecule has 2 aromatic rings. The Bertz CT molecular complexity index is 880. The summed E-state index contributed by atoms with van der Waals surface area (Å²) in [5.41, 5.74) is 9.34. The van der Waals surface area contributed by atoms with Crippen LogP contribution in [0.2, 0.25) is 0 Å². The van der Waals surface area contributed by atoms with Crippen LogP contribution in [0.4, 0.5) is 17.1 Å². The van der Waals surface area contributed by atoms with Gasteiger partial charge in [0, 0.05) is 22.5 Å². The number of rotatable bonds is 6. The Labute approximate surface area is 158 Å². The topological polar surface area (TPSA) is 67.5 Å². The molecule has 0 aromatic heterocycles. The number of allylic oxidation sites excluding steroid dienone is 4. The zero-order valence-electron chi connectivity index (χ0n) is 14.4. The molecule has 0 fully saturated rings. The lowest BCUT2D eigenvalue weighted by Crippen LogP contribution is -2.12. The average molecular weight is 366 g/mol. The number of hydrogen-bond donors (Lipinski definition) is 2. The predicted octanol–water partition coefficient (Wildman–Crippen LogP) is 5.21. The molecule has 0 spiro atoms. The van der Waals surface area contributed by atoms with Crippen molar-refractivity contribution in [3.05, 3.63) is 89.5 Å². The summed E-state index contributed by atoms with van der Waals surface area (Å²) >= 11 is 5.82. The fourth-order valence-corrected chi connectivity index (χ4v) is 2.04. The quantitative estimate of drug-likeness (QED) is 0.319. The number of carbonyl (C=O) groups is 1. The molecule has 0 radical (unpaired) electrons. The Morgan fingerprint density at radius 3 is 2.50 bits per heavy atom. The maximum Gasteiger partial charge on any atom is 0.251 e. The van der Waals surface area contributed by atoms with Crippen molar-refractivity contribution in [1.29, 1.82) is 0 Å². The molecule has 0 bridgehead atoms. The Morgan fingerprint density at radius 1 is 1.15 bits per heavy atom. The van der Waals surface area contributed by atoms with Crippen LogP contribution in [0.15, 0.2) is 88.9 Å². The van der Waals surface area contributed by atoms with Crippen molar-refractivity contribution in [3.8, 4) is 0 Å². The van der Waals surface area contributed by atoms with Gasteiger partial charge >= 0.3 is 0 Å². The van der Waals surface area contributed by atoms with Crippen LogP contribution >= 0.6 is 11.6 Å². The number of anilines is 2. The largest absolute Gasteiger partial charge is 0.397 e. The highest BCUT2D eigenvalue weighted by atomic mass is 35.5. The molecule has 0 aliphatic rings. The van der Waals surface area contributed by atoms with Crippen LogP contribution in [0.3, 0.4) is 0 Å². The summed E-state index contributed by atoms with van der Waals surface area (Å²) in [5.74, 6) is -0.201. The fourth-order valence-electron chi connectivity index (χ4n) is 1.98. The standard InChI is InChI=1S/C21H20ClN3O/c1-3-17(22)11-8-15(2)21(26)25-18-12-9-16(10-13-18)14-24-20-7-5-4-6-19(20)23/h3-14H,1,23H2,2H3,(H,25,26)/b15-8+,17-11+,24-14?. The number of aliphatic imine (C=N–C) groups is 1. The van der Waals surface area contributed by atoms with Crippen LogP contribution in [-0.4, -0.2) is 12.1 Å². The highest BCUT2D eigenvalue weighted by Gasteiger charge is 2.04. The van der Waals surface area contributed by atoms with E-state index in [1.54, 1.807) is 31.4 Å². The van der Waals surface area contributed by atoms with E-state index in [-0.39, 0.29) is 5.91 Å². The average Bonchev–Trinajstić information content (AvgIpc) is 2.66. The molecule has 132 valence electrons. The molecule has 2 rings (SSSR count). The van der Waals surface area contributed by atoms with Crippen molar-refractivity contribution < 1.29 is 4.79 Å². The molecule has 4 nitrogen and oxygen atoms in total. The normalized spacial score (nSPS) is 12.2. The molecular formula is C21H20ClN3O. The van der Waals surface area contributed by atoms with Gasteiger partial charge in [-0.25, -0.2) is 0 Å². The number of para-hydroxylation sites is 2. The summed E-state index contributed by atoms with van der Waals surface area (Å²) in [5, 5.41) is 3.30. The minimum Gasteiger partial charge on any atom is -0.397 e. The first-order valence-electron chi connectivity index (χ1n) is 7.96. The van der Waals surface area contributed by atoms with Gasteiger partial charge in [0.1, 0.15) is 0 Å². The summed E-state index contributed by atoms with van der Waals surface area (Å²) in [6.07, 6.45) is 6.50. The molecule has 0 heterocycles. The molecule has 0 unspecified atom stereocenters. The van der Waals surface area contributed by atoms with E-state index in [0.29, 0.717) is 22.0 Å². The van der Waals surface area contributed by atoms with Crippen LogP contribution in [-0.2, 0) is 4.79 Å². The van der Waals surface area contributed by atoms with Crippen LogP contribution in [0, 0.1) is 0 Å². The van der Waals surface area contributed by atoms with Gasteiger partial charge in [-0.05, 0) is 42.8 Å². The smallest absolute Gasteiger partial charge is 0.251 e. The monoisotopic (exact) mass is 365 g/mol. The summed E-state index contributed by atoms with van der Waals surface area (Å²) in [6.45, 7) is 5.26. The number of nitrogens with one attached hydrogen (secondary N) is 1. The van der Waals surface area contributed by atoms with E-state index in [2.05, 4.69) is 16.9 Å². The molecule has 26 heavy (non-hydrogen) atoms. The molecule has 2 aromatic carbocycles. The third-order valence-corrected chi connectivity index (χ3v) is 3.78. The van der Waals surface area contributed by atoms with Crippen LogP contribution < -0.4 is 11.1 Å². The van der Waals surface area contributed by atoms with Gasteiger partial charge in [0.05, 0.1) is 11.4 Å². The van der Waals surface area contributed by atoms with E-state index >= 15 is 0 Å². The summed E-state index contributed by atoms with van der Waals surface area (Å²) in [6, 6.07) is 14.8. The number of carbonyl (C=O) groups excluding carboxylic acids is 1. The first-order valence-corrected chi connectivity index (χ1v) is 8.34. The highest BCUT2D eigenvalue weighted by molar-refractivity contribution is 6.31. The molecule has 1 amide bonds. The number of amides is 1. The van der Waals surface area contributed by atoms with Gasteiger partial charge in [0.25, 0.3) is 5.91 Å². The van der Waals surface area contributed by atoms with Gasteiger partial charge in [0.2, 0.25) is 0 Å². The minimum absolute atomic E-state index is 0.201. The molecule has 3 N–H and O–H groups in total. The van der Waals surface area contributed by atoms with Crippen LogP contribution in [0.5, 0.6) is 0 Å². The Hall–Kier alpha value is -3.11. The van der Waals surface area contributed by atoms with E-state index < -0.39 is 0 Å². The molecule has 0 atom stereocenters. The summed E-state index contributed by atoms with van der Waals surface area (Å²) in [4.78, 5) is 16.5. The van der Waals surface area contributed by atoms with E-state index in [1.165, 1.54) is 6.08 Å². The van der Waals surface area contributed by atoms with E-state index in [1.807, 2.05) is 42.5 Å². The molecular weight excluding hydrogens is 346 g/mol. The number of halogens is 1. The molecule has 0 aliphatic carbocycles. The van der Waals surface area contributed by atoms with E-state index in [9.17, 15) is 4.79 Å². The van der Waals surface area contributed by atoms with Crippen molar-refractivity contribution in [1.82, 2.24) is 0 Å². The van der Waals surface area contributed by atoms with E-state index in [0.717, 1.165) is 11.3 Å². The molecule has 0 saturated carbocycles. The zero-order chi connectivity index (χ0) is 18.9. The first kappa shape index (κ1) is 19.2. The fraction of sp³-hybridized carbons (Fsp3) is 0.0476. The minimum atomic E-state index is -0.201. The van der Waals surface area contributed by atoms with Gasteiger partial charge in [-0.2, -0.15) is 0 Å². The molecule has 0 aliphatic heterocycles. The van der Waals surface area contributed by atoms with Crippen molar-refractivity contribution in [3.63, 3.8) is 0 Å². The van der Waals surface area contributed by atoms with E-state index in [4.69, 9.17) is 17.3 Å². The summed E-state index contributed by atoms with van der Waals surface area (Å²) in [7, 11) is 0. The van der Waals surface area contributed by atoms with Gasteiger partial charge in [0.15, 0.2) is 0 Å². The second-order valence-electron chi connectivity index (χ2n) is 5.50. The van der Waals surface area contributed by atoms with Crippen molar-refractivity contribution in [2.24, 2.45) is 4.99 Å². The number of nitrogens with two attached hydrogens (primary N) is 1. The number of benzene rings is 2. The van der Waals surface area contributed by atoms with Crippen LogP contribution in [0.25, 0.3) is 0 Å². The van der Waals surface area contributed by atoms with Crippen molar-refractivity contribution in [2.45, 2.75) is 6.92 Å². The maximum atomic E-state index is 12.1. The third-order valence-electron chi connectivity index (χ3n) is 3.50. The van der Waals surface area contributed by atoms with Crippen LogP contribution in [0.1, 0.15) is 12.5 Å². The second-order valence-corrected chi connectivity index (χ2v) is 5.93. The van der Waals surface area contributed by atoms with Crippen molar-refractivity contribution in [2.75, 3.05) is 11.1 Å². The van der Waals surface area contributed by atoms with Gasteiger partial charge in [-0.15, -0.1) is 0 Å². The van der Waals surface area contributed by atoms with Gasteiger partial charge in [-0.1, -0.05) is 54.6 Å². The first-order chi connectivity index (χ1) is 12.5. The number of nitrogen functional groups attached to an aromatic ring is 1.